The molecule has 0 aliphatic rings. The van der Waals surface area contributed by atoms with Crippen LogP contribution in [0.15, 0.2) is 6.20 Å². The van der Waals surface area contributed by atoms with Crippen LogP contribution in [0.5, 0.6) is 5.88 Å². The molecule has 0 fully saturated rings. The van der Waals surface area contributed by atoms with Gasteiger partial charge in [-0.15, -0.1) is 0 Å². The molecule has 0 saturated carbocycles. The monoisotopic (exact) mass is 291 g/mol. The number of aromatic amines is 1. The van der Waals surface area contributed by atoms with E-state index in [1.807, 2.05) is 6.92 Å². The third-order valence-electron chi connectivity index (χ3n) is 3.61. The fraction of sp³-hybridized carbons (Fsp3) is 0.667. The van der Waals surface area contributed by atoms with Gasteiger partial charge in [-0.1, -0.05) is 33.1 Å². The number of aromatic nitrogens is 4. The molecule has 6 nitrogen and oxygen atoms in total. The molecule has 0 aliphatic carbocycles. The molecule has 1 unspecified atom stereocenters. The first-order chi connectivity index (χ1) is 10.3. The van der Waals surface area contributed by atoms with Gasteiger partial charge in [-0.25, -0.2) is 0 Å². The van der Waals surface area contributed by atoms with E-state index in [0.29, 0.717) is 30.0 Å². The smallest absolute Gasteiger partial charge is 0.229 e. The molecule has 2 aromatic heterocycles. The molecule has 0 radical (unpaired) electrons. The zero-order valence-electron chi connectivity index (χ0n) is 13.1. The van der Waals surface area contributed by atoms with Gasteiger partial charge in [-0.3, -0.25) is 5.10 Å². The highest BCUT2D eigenvalue weighted by Crippen LogP contribution is 2.23. The van der Waals surface area contributed by atoms with Crippen LogP contribution in [0.4, 0.5) is 5.95 Å². The Morgan fingerprint density at radius 3 is 2.86 bits per heavy atom. The summed E-state index contributed by atoms with van der Waals surface area (Å²) in [6, 6.07) is 0. The molecule has 2 aromatic rings. The molecule has 6 heteroatoms. The van der Waals surface area contributed by atoms with Crippen LogP contribution in [-0.2, 0) is 0 Å². The molecular formula is C15H25N5O. The fourth-order valence-corrected chi connectivity index (χ4v) is 2.25. The lowest BCUT2D eigenvalue weighted by Gasteiger charge is -2.15. The van der Waals surface area contributed by atoms with Crippen molar-refractivity contribution in [3.63, 3.8) is 0 Å². The Balaban J connectivity index is 2.10. The first-order valence-electron chi connectivity index (χ1n) is 7.86. The van der Waals surface area contributed by atoms with Crippen molar-refractivity contribution >= 4 is 17.0 Å². The lowest BCUT2D eigenvalue weighted by molar-refractivity contribution is 0.228. The first-order valence-corrected chi connectivity index (χ1v) is 7.86. The highest BCUT2D eigenvalue weighted by atomic mass is 16.5. The number of fused-ring (bicyclic) bond motifs is 1. The predicted octanol–water partition coefficient (Wildman–Crippen LogP) is 3.38. The summed E-state index contributed by atoms with van der Waals surface area (Å²) in [5.41, 5.74) is 0.706. The zero-order chi connectivity index (χ0) is 15.1. The number of nitrogens with one attached hydrogen (secondary N) is 2. The molecule has 0 amide bonds. The van der Waals surface area contributed by atoms with Crippen molar-refractivity contribution < 1.29 is 4.74 Å². The highest BCUT2D eigenvalue weighted by Gasteiger charge is 2.13. The molecule has 2 rings (SSSR count). The summed E-state index contributed by atoms with van der Waals surface area (Å²) in [7, 11) is 0. The SMILES string of the molecule is CCCCC(CC)COc1nc(NCC)nc2[nH]ncc12. The van der Waals surface area contributed by atoms with Crippen LogP contribution in [0.1, 0.15) is 46.5 Å². The maximum atomic E-state index is 5.96. The summed E-state index contributed by atoms with van der Waals surface area (Å²) in [6.45, 7) is 7.91. The summed E-state index contributed by atoms with van der Waals surface area (Å²) in [4.78, 5) is 8.81. The van der Waals surface area contributed by atoms with Gasteiger partial charge >= 0.3 is 0 Å². The van der Waals surface area contributed by atoms with Crippen LogP contribution in [0.2, 0.25) is 0 Å². The third-order valence-corrected chi connectivity index (χ3v) is 3.61. The van der Waals surface area contributed by atoms with Crippen molar-refractivity contribution in [2.24, 2.45) is 5.92 Å². The largest absolute Gasteiger partial charge is 0.477 e. The molecule has 0 bridgehead atoms. The molecule has 0 aliphatic heterocycles. The Morgan fingerprint density at radius 2 is 2.14 bits per heavy atom. The van der Waals surface area contributed by atoms with Crippen LogP contribution in [-0.4, -0.2) is 33.3 Å². The average Bonchev–Trinajstić information content (AvgIpc) is 2.96. The van der Waals surface area contributed by atoms with E-state index in [1.54, 1.807) is 6.20 Å². The van der Waals surface area contributed by atoms with Gasteiger partial charge in [0.2, 0.25) is 11.8 Å². The summed E-state index contributed by atoms with van der Waals surface area (Å²) in [5, 5.41) is 10.8. The molecule has 1 atom stereocenters. The van der Waals surface area contributed by atoms with E-state index in [2.05, 4.69) is 39.3 Å². The summed E-state index contributed by atoms with van der Waals surface area (Å²) < 4.78 is 5.96. The standard InChI is InChI=1S/C15H25N5O/c1-4-7-8-11(5-2)10-21-14-12-9-17-20-13(12)18-15(19-14)16-6-3/h9,11H,4-8,10H2,1-3H3,(H2,16,17,18,19,20). The van der Waals surface area contributed by atoms with Crippen molar-refractivity contribution in [2.45, 2.75) is 46.5 Å². The molecule has 21 heavy (non-hydrogen) atoms. The highest BCUT2D eigenvalue weighted by molar-refractivity contribution is 5.80. The van der Waals surface area contributed by atoms with E-state index in [-0.39, 0.29) is 0 Å². The minimum absolute atomic E-state index is 0.574. The third kappa shape index (κ3) is 4.06. The Morgan fingerprint density at radius 1 is 1.29 bits per heavy atom. The second-order valence-corrected chi connectivity index (χ2v) is 5.24. The number of ether oxygens (including phenoxy) is 1. The number of nitrogens with zero attached hydrogens (tertiary/aromatic N) is 3. The Kier molecular flexibility index (Phi) is 5.78. The maximum absolute atomic E-state index is 5.96. The van der Waals surface area contributed by atoms with Crippen LogP contribution in [0, 0.1) is 5.92 Å². The minimum atomic E-state index is 0.574. The first kappa shape index (κ1) is 15.5. The Hall–Kier alpha value is -1.85. The fourth-order valence-electron chi connectivity index (χ4n) is 2.25. The van der Waals surface area contributed by atoms with Gasteiger partial charge in [0.15, 0.2) is 5.65 Å². The van der Waals surface area contributed by atoms with Crippen LogP contribution >= 0.6 is 0 Å². The van der Waals surface area contributed by atoms with Gasteiger partial charge in [-0.05, 0) is 19.3 Å². The molecule has 2 heterocycles. The molecule has 116 valence electrons. The predicted molar refractivity (Wildman–Crippen MR) is 84.6 cm³/mol. The second kappa shape index (κ2) is 7.81. The number of hydrogen-bond donors (Lipinski definition) is 2. The number of rotatable bonds is 9. The molecular weight excluding hydrogens is 266 g/mol. The van der Waals surface area contributed by atoms with Gasteiger partial charge in [0.05, 0.1) is 12.8 Å². The molecule has 0 aromatic carbocycles. The van der Waals surface area contributed by atoms with E-state index in [9.17, 15) is 0 Å². The van der Waals surface area contributed by atoms with Crippen molar-refractivity contribution in [2.75, 3.05) is 18.5 Å². The number of H-pyrrole nitrogens is 1. The average molecular weight is 291 g/mol. The lowest BCUT2D eigenvalue weighted by Crippen LogP contribution is -2.13. The van der Waals surface area contributed by atoms with Crippen molar-refractivity contribution in [3.05, 3.63) is 6.20 Å². The maximum Gasteiger partial charge on any atom is 0.229 e. The normalized spacial score (nSPS) is 12.5. The summed E-state index contributed by atoms with van der Waals surface area (Å²) in [5.74, 6) is 1.76. The van der Waals surface area contributed by atoms with Gasteiger partial charge in [0.1, 0.15) is 5.39 Å². The molecule has 2 N–H and O–H groups in total. The van der Waals surface area contributed by atoms with Crippen molar-refractivity contribution in [1.29, 1.82) is 0 Å². The minimum Gasteiger partial charge on any atom is -0.477 e. The number of anilines is 1. The molecule has 0 saturated heterocycles. The van der Waals surface area contributed by atoms with Crippen LogP contribution < -0.4 is 10.1 Å². The second-order valence-electron chi connectivity index (χ2n) is 5.24. The quantitative estimate of drug-likeness (QED) is 0.740. The van der Waals surface area contributed by atoms with Crippen LogP contribution in [0.3, 0.4) is 0 Å². The van der Waals surface area contributed by atoms with Gasteiger partial charge in [0.25, 0.3) is 0 Å². The topological polar surface area (TPSA) is 75.7 Å². The number of unbranched alkanes of at least 4 members (excludes halogenated alkanes) is 1. The number of hydrogen-bond acceptors (Lipinski definition) is 5. The van der Waals surface area contributed by atoms with Gasteiger partial charge in [-0.2, -0.15) is 15.1 Å². The zero-order valence-corrected chi connectivity index (χ0v) is 13.1. The van der Waals surface area contributed by atoms with Crippen LogP contribution in [0.25, 0.3) is 11.0 Å². The van der Waals surface area contributed by atoms with Gasteiger partial charge < -0.3 is 10.1 Å². The van der Waals surface area contributed by atoms with E-state index in [4.69, 9.17) is 4.74 Å². The summed E-state index contributed by atoms with van der Waals surface area (Å²) in [6.07, 6.45) is 6.51. The van der Waals surface area contributed by atoms with E-state index < -0.39 is 0 Å². The molecule has 0 spiro atoms. The van der Waals surface area contributed by atoms with Crippen molar-refractivity contribution in [3.8, 4) is 5.88 Å². The van der Waals surface area contributed by atoms with Crippen molar-refractivity contribution in [1.82, 2.24) is 20.2 Å². The van der Waals surface area contributed by atoms with Gasteiger partial charge in [0, 0.05) is 6.54 Å². The van der Waals surface area contributed by atoms with E-state index >= 15 is 0 Å². The van der Waals surface area contributed by atoms with E-state index in [0.717, 1.165) is 18.4 Å². The Labute approximate surface area is 125 Å². The van der Waals surface area contributed by atoms with E-state index in [1.165, 1.54) is 19.3 Å². The Bertz CT molecular complexity index is 554. The summed E-state index contributed by atoms with van der Waals surface area (Å²) >= 11 is 0. The lowest BCUT2D eigenvalue weighted by atomic mass is 10.0.